The second-order valence-electron chi connectivity index (χ2n) is 9.51. The molecular formula is C27H34BrN5O3. The fourth-order valence-electron chi connectivity index (χ4n) is 4.44. The Morgan fingerprint density at radius 1 is 1.08 bits per heavy atom. The van der Waals surface area contributed by atoms with Crippen LogP contribution >= 0.6 is 15.9 Å². The van der Waals surface area contributed by atoms with Gasteiger partial charge in [0, 0.05) is 49.4 Å². The van der Waals surface area contributed by atoms with E-state index in [-0.39, 0.29) is 0 Å². The maximum Gasteiger partial charge on any atom is 0.229 e. The number of aromatic nitrogens is 2. The molecule has 0 unspecified atom stereocenters. The second kappa shape index (κ2) is 11.0. The van der Waals surface area contributed by atoms with Crippen LogP contribution in [0.25, 0.3) is 0 Å². The van der Waals surface area contributed by atoms with Gasteiger partial charge in [-0.2, -0.15) is 4.98 Å². The minimum absolute atomic E-state index is 0.321. The van der Waals surface area contributed by atoms with Gasteiger partial charge in [0.25, 0.3) is 0 Å². The van der Waals surface area contributed by atoms with Crippen LogP contribution in [0.3, 0.4) is 0 Å². The quantitative estimate of drug-likeness (QED) is 0.317. The SMILES string of the molecule is COc1cc(Nc2ncc(Br)c(Nc3ccccc3C(C)(C)O)n2)c(C)cc1N1CCC(OC)CC1. The van der Waals surface area contributed by atoms with E-state index in [1.165, 1.54) is 0 Å². The number of nitrogens with one attached hydrogen (secondary N) is 2. The maximum absolute atomic E-state index is 10.6. The van der Waals surface area contributed by atoms with E-state index >= 15 is 0 Å². The molecule has 36 heavy (non-hydrogen) atoms. The van der Waals surface area contributed by atoms with Crippen LogP contribution in [0, 0.1) is 6.92 Å². The van der Waals surface area contributed by atoms with Gasteiger partial charge in [-0.05, 0) is 67.2 Å². The van der Waals surface area contributed by atoms with Gasteiger partial charge in [0.1, 0.15) is 11.6 Å². The molecule has 192 valence electrons. The molecule has 1 aliphatic heterocycles. The number of rotatable bonds is 8. The van der Waals surface area contributed by atoms with Crippen molar-refractivity contribution in [3.05, 3.63) is 58.2 Å². The van der Waals surface area contributed by atoms with Crippen molar-refractivity contribution in [2.45, 2.75) is 45.3 Å². The first-order chi connectivity index (χ1) is 17.2. The van der Waals surface area contributed by atoms with Crippen LogP contribution in [0.1, 0.15) is 37.8 Å². The van der Waals surface area contributed by atoms with Gasteiger partial charge in [-0.3, -0.25) is 0 Å². The summed E-state index contributed by atoms with van der Waals surface area (Å²) in [6.07, 6.45) is 4.02. The predicted molar refractivity (Wildman–Crippen MR) is 148 cm³/mol. The average Bonchev–Trinajstić information content (AvgIpc) is 2.86. The topological polar surface area (TPSA) is 91.8 Å². The monoisotopic (exact) mass is 555 g/mol. The zero-order chi connectivity index (χ0) is 25.9. The molecule has 3 aromatic rings. The Labute approximate surface area is 221 Å². The van der Waals surface area contributed by atoms with Gasteiger partial charge in [0.15, 0.2) is 0 Å². The lowest BCUT2D eigenvalue weighted by Crippen LogP contribution is -2.36. The third kappa shape index (κ3) is 5.91. The highest BCUT2D eigenvalue weighted by atomic mass is 79.9. The van der Waals surface area contributed by atoms with Crippen molar-refractivity contribution in [2.24, 2.45) is 0 Å². The molecule has 0 saturated carbocycles. The van der Waals surface area contributed by atoms with Crippen molar-refractivity contribution in [2.75, 3.05) is 42.8 Å². The molecule has 0 amide bonds. The molecule has 9 heteroatoms. The normalized spacial score (nSPS) is 14.6. The molecule has 2 aromatic carbocycles. The Balaban J connectivity index is 1.58. The van der Waals surface area contributed by atoms with Gasteiger partial charge in [-0.15, -0.1) is 0 Å². The van der Waals surface area contributed by atoms with E-state index in [1.807, 2.05) is 30.3 Å². The molecule has 3 N–H and O–H groups in total. The fraction of sp³-hybridized carbons (Fsp3) is 0.407. The van der Waals surface area contributed by atoms with Crippen LogP contribution in [0.2, 0.25) is 0 Å². The Bertz CT molecular complexity index is 1210. The molecule has 0 radical (unpaired) electrons. The molecule has 0 bridgehead atoms. The van der Waals surface area contributed by atoms with Crippen LogP contribution in [-0.2, 0) is 10.3 Å². The summed E-state index contributed by atoms with van der Waals surface area (Å²) in [6.45, 7) is 7.44. The number of anilines is 5. The highest BCUT2D eigenvalue weighted by Gasteiger charge is 2.23. The number of ether oxygens (including phenoxy) is 2. The zero-order valence-corrected chi connectivity index (χ0v) is 23.0. The van der Waals surface area contributed by atoms with Crippen LogP contribution in [0.5, 0.6) is 5.75 Å². The summed E-state index contributed by atoms with van der Waals surface area (Å²) in [6, 6.07) is 11.8. The molecule has 4 rings (SSSR count). The minimum atomic E-state index is -1.00. The summed E-state index contributed by atoms with van der Waals surface area (Å²) in [5, 5.41) is 17.2. The van der Waals surface area contributed by atoms with Crippen molar-refractivity contribution in [3.8, 4) is 5.75 Å². The number of nitrogens with zero attached hydrogens (tertiary/aromatic N) is 3. The number of piperidine rings is 1. The highest BCUT2D eigenvalue weighted by molar-refractivity contribution is 9.10. The van der Waals surface area contributed by atoms with E-state index in [4.69, 9.17) is 9.47 Å². The van der Waals surface area contributed by atoms with Crippen LogP contribution < -0.4 is 20.3 Å². The summed E-state index contributed by atoms with van der Waals surface area (Å²) in [5.41, 5.74) is 3.56. The molecule has 8 nitrogen and oxygen atoms in total. The summed E-state index contributed by atoms with van der Waals surface area (Å²) in [7, 11) is 3.47. The molecule has 0 spiro atoms. The van der Waals surface area contributed by atoms with Crippen LogP contribution in [-0.4, -0.2) is 48.5 Å². The molecule has 0 atom stereocenters. The van der Waals surface area contributed by atoms with E-state index in [2.05, 4.69) is 54.4 Å². The smallest absolute Gasteiger partial charge is 0.229 e. The minimum Gasteiger partial charge on any atom is -0.495 e. The molecule has 1 saturated heterocycles. The molecule has 2 heterocycles. The second-order valence-corrected chi connectivity index (χ2v) is 10.4. The van der Waals surface area contributed by atoms with E-state index in [0.29, 0.717) is 22.3 Å². The molecule has 1 fully saturated rings. The number of methoxy groups -OCH3 is 2. The number of aryl methyl sites for hydroxylation is 1. The Hall–Kier alpha value is -2.88. The van der Waals surface area contributed by atoms with Crippen molar-refractivity contribution < 1.29 is 14.6 Å². The van der Waals surface area contributed by atoms with Gasteiger partial charge in [0.2, 0.25) is 5.95 Å². The first kappa shape index (κ1) is 26.2. The van der Waals surface area contributed by atoms with E-state index < -0.39 is 5.60 Å². The standard InChI is InChI=1S/C27H34BrN5O3/c1-17-14-23(33-12-10-18(35-4)11-13-33)24(36-5)15-22(17)31-26-29-16-20(28)25(32-26)30-21-9-7-6-8-19(21)27(2,3)34/h6-9,14-16,18,34H,10-13H2,1-5H3,(H2,29,30,31,32). The summed E-state index contributed by atoms with van der Waals surface area (Å²) >= 11 is 3.54. The first-order valence-corrected chi connectivity index (χ1v) is 12.8. The third-order valence-electron chi connectivity index (χ3n) is 6.47. The maximum atomic E-state index is 10.6. The zero-order valence-electron chi connectivity index (χ0n) is 21.4. The number of hydrogen-bond acceptors (Lipinski definition) is 8. The third-order valence-corrected chi connectivity index (χ3v) is 7.05. The Morgan fingerprint density at radius 3 is 2.47 bits per heavy atom. The number of para-hydroxylation sites is 1. The number of halogens is 1. The number of aliphatic hydroxyl groups is 1. The van der Waals surface area contributed by atoms with E-state index in [9.17, 15) is 5.11 Å². The van der Waals surface area contributed by atoms with Crippen molar-refractivity contribution in [1.29, 1.82) is 0 Å². The first-order valence-electron chi connectivity index (χ1n) is 12.0. The van der Waals surface area contributed by atoms with Gasteiger partial charge >= 0.3 is 0 Å². The predicted octanol–water partition coefficient (Wildman–Crippen LogP) is 5.89. The van der Waals surface area contributed by atoms with Crippen molar-refractivity contribution in [1.82, 2.24) is 9.97 Å². The fourth-order valence-corrected chi connectivity index (χ4v) is 4.73. The molecule has 0 aliphatic carbocycles. The molecule has 1 aromatic heterocycles. The van der Waals surface area contributed by atoms with Crippen molar-refractivity contribution >= 4 is 44.8 Å². The lowest BCUT2D eigenvalue weighted by molar-refractivity contribution is 0.0793. The lowest BCUT2D eigenvalue weighted by Gasteiger charge is -2.34. The summed E-state index contributed by atoms with van der Waals surface area (Å²) < 4.78 is 12.0. The molecule has 1 aliphatic rings. The average molecular weight is 557 g/mol. The van der Waals surface area contributed by atoms with Crippen LogP contribution in [0.15, 0.2) is 47.1 Å². The van der Waals surface area contributed by atoms with E-state index in [0.717, 1.165) is 59.9 Å². The molecular weight excluding hydrogens is 522 g/mol. The van der Waals surface area contributed by atoms with Crippen LogP contribution in [0.4, 0.5) is 28.8 Å². The summed E-state index contributed by atoms with van der Waals surface area (Å²) in [4.78, 5) is 11.5. The number of hydrogen-bond donors (Lipinski definition) is 3. The van der Waals surface area contributed by atoms with Gasteiger partial charge < -0.3 is 30.1 Å². The summed E-state index contributed by atoms with van der Waals surface area (Å²) in [5.74, 6) is 1.83. The van der Waals surface area contributed by atoms with Gasteiger partial charge in [-0.25, -0.2) is 4.98 Å². The van der Waals surface area contributed by atoms with E-state index in [1.54, 1.807) is 34.3 Å². The highest BCUT2D eigenvalue weighted by Crippen LogP contribution is 2.37. The van der Waals surface area contributed by atoms with Gasteiger partial charge in [0.05, 0.1) is 29.0 Å². The Kier molecular flexibility index (Phi) is 8.02. The van der Waals surface area contributed by atoms with Gasteiger partial charge in [-0.1, -0.05) is 18.2 Å². The van der Waals surface area contributed by atoms with Crippen molar-refractivity contribution in [3.63, 3.8) is 0 Å². The Morgan fingerprint density at radius 2 is 1.81 bits per heavy atom. The largest absolute Gasteiger partial charge is 0.495 e. The lowest BCUT2D eigenvalue weighted by atomic mass is 9.96. The number of benzene rings is 2.